The van der Waals surface area contributed by atoms with Crippen molar-refractivity contribution in [2.24, 2.45) is 0 Å². The summed E-state index contributed by atoms with van der Waals surface area (Å²) in [5, 5.41) is 7.84. The Morgan fingerprint density at radius 3 is 3.04 bits per heavy atom. The molecular weight excluding hydrogens is 322 g/mol. The van der Waals surface area contributed by atoms with Gasteiger partial charge in [0.2, 0.25) is 0 Å². The molecule has 1 aliphatic rings. The smallest absolute Gasteiger partial charge is 0.275 e. The van der Waals surface area contributed by atoms with Gasteiger partial charge in [0, 0.05) is 18.0 Å². The zero-order valence-corrected chi connectivity index (χ0v) is 13.7. The number of rotatable bonds is 2. The van der Waals surface area contributed by atoms with Crippen molar-refractivity contribution in [1.29, 1.82) is 0 Å². The number of H-pyrrole nitrogens is 2. The average molecular weight is 339 g/mol. The molecule has 3 aromatic rings. The van der Waals surface area contributed by atoms with E-state index in [1.807, 2.05) is 24.3 Å². The molecule has 2 aromatic heterocycles. The Labute approximate surface area is 142 Å². The van der Waals surface area contributed by atoms with Gasteiger partial charge in [0.15, 0.2) is 5.69 Å². The van der Waals surface area contributed by atoms with Crippen molar-refractivity contribution >= 4 is 16.8 Å². The molecule has 1 aromatic carbocycles. The fourth-order valence-electron chi connectivity index (χ4n) is 3.06. The first kappa shape index (κ1) is 15.5. The van der Waals surface area contributed by atoms with E-state index >= 15 is 0 Å². The first-order valence-electron chi connectivity index (χ1n) is 8.03. The van der Waals surface area contributed by atoms with Crippen molar-refractivity contribution in [2.75, 3.05) is 19.7 Å². The minimum absolute atomic E-state index is 0.160. The van der Waals surface area contributed by atoms with Crippen molar-refractivity contribution in [3.05, 3.63) is 57.9 Å². The summed E-state index contributed by atoms with van der Waals surface area (Å²) in [6, 6.07) is 8.92. The molecule has 8 heteroatoms. The van der Waals surface area contributed by atoms with Gasteiger partial charge in [-0.15, -0.1) is 0 Å². The second-order valence-corrected chi connectivity index (χ2v) is 5.98. The topological polar surface area (TPSA) is 104 Å². The molecule has 1 saturated heterocycles. The minimum Gasteiger partial charge on any atom is -0.368 e. The van der Waals surface area contributed by atoms with Crippen LogP contribution in [-0.2, 0) is 4.74 Å². The summed E-state index contributed by atoms with van der Waals surface area (Å²) in [5.41, 5.74) is 1.52. The van der Waals surface area contributed by atoms with Crippen LogP contribution in [0.1, 0.15) is 28.1 Å². The van der Waals surface area contributed by atoms with Crippen LogP contribution >= 0.6 is 0 Å². The fourth-order valence-corrected chi connectivity index (χ4v) is 3.06. The number of hydrogen-bond acceptors (Lipinski definition) is 5. The molecule has 128 valence electrons. The second-order valence-electron chi connectivity index (χ2n) is 5.98. The minimum atomic E-state index is -0.427. The molecule has 0 radical (unpaired) electrons. The number of fused-ring (bicyclic) bond motifs is 1. The summed E-state index contributed by atoms with van der Waals surface area (Å²) < 4.78 is 5.72. The van der Waals surface area contributed by atoms with Gasteiger partial charge >= 0.3 is 0 Å². The predicted octanol–water partition coefficient (Wildman–Crippen LogP) is 1.17. The molecule has 0 aliphatic carbocycles. The first-order valence-corrected chi connectivity index (χ1v) is 8.03. The van der Waals surface area contributed by atoms with Gasteiger partial charge in [-0.25, -0.2) is 4.98 Å². The Balaban J connectivity index is 1.60. The number of carbonyl (C=O) groups is 1. The van der Waals surface area contributed by atoms with E-state index in [0.717, 1.165) is 10.9 Å². The van der Waals surface area contributed by atoms with Crippen molar-refractivity contribution in [3.63, 3.8) is 0 Å². The lowest BCUT2D eigenvalue weighted by Gasteiger charge is -2.32. The number of aromatic nitrogens is 4. The maximum absolute atomic E-state index is 12.9. The summed E-state index contributed by atoms with van der Waals surface area (Å²) >= 11 is 0. The molecule has 4 rings (SSSR count). The van der Waals surface area contributed by atoms with Gasteiger partial charge in [-0.05, 0) is 13.0 Å². The number of aryl methyl sites for hydroxylation is 1. The van der Waals surface area contributed by atoms with Crippen LogP contribution in [0.2, 0.25) is 0 Å². The van der Waals surface area contributed by atoms with Crippen LogP contribution in [-0.4, -0.2) is 50.7 Å². The Hall–Kier alpha value is -3.00. The van der Waals surface area contributed by atoms with Gasteiger partial charge in [-0.3, -0.25) is 14.7 Å². The maximum Gasteiger partial charge on any atom is 0.275 e. The first-order chi connectivity index (χ1) is 12.1. The lowest BCUT2D eigenvalue weighted by atomic mass is 10.1. The van der Waals surface area contributed by atoms with Crippen LogP contribution in [0.3, 0.4) is 0 Å². The van der Waals surface area contributed by atoms with Gasteiger partial charge in [-0.1, -0.05) is 18.2 Å². The van der Waals surface area contributed by atoms with Gasteiger partial charge in [0.25, 0.3) is 11.5 Å². The maximum atomic E-state index is 12.9. The van der Waals surface area contributed by atoms with Crippen LogP contribution < -0.4 is 5.56 Å². The Morgan fingerprint density at radius 2 is 2.20 bits per heavy atom. The SMILES string of the molecule is Cc1nc([C@@H]2CN(C(=O)c3n[nH]c4ccccc34)CCO2)cc(=O)[nH]1. The molecule has 8 nitrogen and oxygen atoms in total. The normalized spacial score (nSPS) is 17.8. The third-order valence-corrected chi connectivity index (χ3v) is 4.24. The zero-order chi connectivity index (χ0) is 17.4. The third-order valence-electron chi connectivity index (χ3n) is 4.24. The Morgan fingerprint density at radius 1 is 1.36 bits per heavy atom. The van der Waals surface area contributed by atoms with E-state index in [0.29, 0.717) is 36.9 Å². The van der Waals surface area contributed by atoms with E-state index in [1.165, 1.54) is 6.07 Å². The number of nitrogens with one attached hydrogen (secondary N) is 2. The standard InChI is InChI=1S/C17H17N5O3/c1-10-18-13(8-15(23)19-10)14-9-22(6-7-25-14)17(24)16-11-4-2-3-5-12(11)20-21-16/h2-5,8,14H,6-7,9H2,1H3,(H,20,21)(H,18,19,23)/t14-/m0/s1. The third kappa shape index (κ3) is 2.91. The quantitative estimate of drug-likeness (QED) is 0.729. The fraction of sp³-hybridized carbons (Fsp3) is 0.294. The van der Waals surface area contributed by atoms with Crippen LogP contribution in [0, 0.1) is 6.92 Å². The number of ether oxygens (including phenoxy) is 1. The average Bonchev–Trinajstić information content (AvgIpc) is 3.04. The van der Waals surface area contributed by atoms with Gasteiger partial charge < -0.3 is 14.6 Å². The van der Waals surface area contributed by atoms with Crippen molar-refractivity contribution in [2.45, 2.75) is 13.0 Å². The molecule has 0 saturated carbocycles. The number of para-hydroxylation sites is 1. The van der Waals surface area contributed by atoms with Crippen molar-refractivity contribution < 1.29 is 9.53 Å². The van der Waals surface area contributed by atoms with Crippen LogP contribution in [0.5, 0.6) is 0 Å². The van der Waals surface area contributed by atoms with E-state index in [4.69, 9.17) is 4.74 Å². The molecule has 1 atom stereocenters. The number of morpholine rings is 1. The highest BCUT2D eigenvalue weighted by molar-refractivity contribution is 6.04. The van der Waals surface area contributed by atoms with Gasteiger partial charge in [-0.2, -0.15) is 5.10 Å². The number of amides is 1. The number of benzene rings is 1. The number of aromatic amines is 2. The molecular formula is C17H17N5O3. The molecule has 3 heterocycles. The van der Waals surface area contributed by atoms with Crippen molar-refractivity contribution in [3.8, 4) is 0 Å². The zero-order valence-electron chi connectivity index (χ0n) is 13.7. The summed E-state index contributed by atoms with van der Waals surface area (Å²) in [4.78, 5) is 33.2. The molecule has 0 unspecified atom stereocenters. The lowest BCUT2D eigenvalue weighted by molar-refractivity contribution is -0.0250. The van der Waals surface area contributed by atoms with E-state index in [-0.39, 0.29) is 11.5 Å². The number of hydrogen-bond donors (Lipinski definition) is 2. The van der Waals surface area contributed by atoms with Crippen LogP contribution in [0.15, 0.2) is 35.1 Å². The molecule has 1 aliphatic heterocycles. The summed E-state index contributed by atoms with van der Waals surface area (Å²) in [6.45, 7) is 2.90. The lowest BCUT2D eigenvalue weighted by Crippen LogP contribution is -2.43. The van der Waals surface area contributed by atoms with E-state index in [1.54, 1.807) is 11.8 Å². The largest absolute Gasteiger partial charge is 0.368 e. The molecule has 2 N–H and O–H groups in total. The van der Waals surface area contributed by atoms with Crippen molar-refractivity contribution in [1.82, 2.24) is 25.1 Å². The highest BCUT2D eigenvalue weighted by atomic mass is 16.5. The van der Waals surface area contributed by atoms with Gasteiger partial charge in [0.1, 0.15) is 11.9 Å². The molecule has 0 bridgehead atoms. The molecule has 1 amide bonds. The molecule has 1 fully saturated rings. The summed E-state index contributed by atoms with van der Waals surface area (Å²) in [5.74, 6) is 0.361. The van der Waals surface area contributed by atoms with E-state index in [9.17, 15) is 9.59 Å². The summed E-state index contributed by atoms with van der Waals surface area (Å²) in [6.07, 6.45) is -0.427. The molecule has 0 spiro atoms. The monoisotopic (exact) mass is 339 g/mol. The predicted molar refractivity (Wildman–Crippen MR) is 90.3 cm³/mol. The second kappa shape index (κ2) is 6.14. The van der Waals surface area contributed by atoms with Crippen LogP contribution in [0.4, 0.5) is 0 Å². The number of nitrogens with zero attached hydrogens (tertiary/aromatic N) is 3. The van der Waals surface area contributed by atoms with E-state index < -0.39 is 6.10 Å². The van der Waals surface area contributed by atoms with Gasteiger partial charge in [0.05, 0.1) is 24.4 Å². The molecule has 25 heavy (non-hydrogen) atoms. The number of carbonyl (C=O) groups excluding carboxylic acids is 1. The highest BCUT2D eigenvalue weighted by Crippen LogP contribution is 2.23. The summed E-state index contributed by atoms with van der Waals surface area (Å²) in [7, 11) is 0. The highest BCUT2D eigenvalue weighted by Gasteiger charge is 2.29. The van der Waals surface area contributed by atoms with E-state index in [2.05, 4.69) is 20.2 Å². The van der Waals surface area contributed by atoms with Crippen LogP contribution in [0.25, 0.3) is 10.9 Å². The Kier molecular flexibility index (Phi) is 3.81. The Bertz CT molecular complexity index is 993.